The highest BCUT2D eigenvalue weighted by molar-refractivity contribution is 5.47. The molecule has 1 aliphatic heterocycles. The van der Waals surface area contributed by atoms with Gasteiger partial charge < -0.3 is 10.1 Å². The summed E-state index contributed by atoms with van der Waals surface area (Å²) in [6.07, 6.45) is -3.45. The molecule has 1 saturated heterocycles. The smallest absolute Gasteiger partial charge is 0.381 e. The number of aromatic nitrogens is 1. The lowest BCUT2D eigenvalue weighted by molar-refractivity contribution is -0.137. The molecule has 1 aliphatic carbocycles. The van der Waals surface area contributed by atoms with Crippen molar-refractivity contribution in [2.75, 3.05) is 18.5 Å². The Hall–Kier alpha value is -1.30. The second-order valence-corrected chi connectivity index (χ2v) is 4.92. The molecule has 0 aromatic carbocycles. The van der Waals surface area contributed by atoms with Gasteiger partial charge in [-0.25, -0.2) is 4.98 Å². The van der Waals surface area contributed by atoms with Crippen LogP contribution in [0.5, 0.6) is 0 Å². The zero-order chi connectivity index (χ0) is 12.9. The van der Waals surface area contributed by atoms with E-state index in [1.165, 1.54) is 0 Å². The largest absolute Gasteiger partial charge is 0.417 e. The lowest BCUT2D eigenvalue weighted by atomic mass is 10.2. The van der Waals surface area contributed by atoms with E-state index < -0.39 is 11.7 Å². The van der Waals surface area contributed by atoms with Crippen LogP contribution in [0.2, 0.25) is 0 Å². The summed E-state index contributed by atoms with van der Waals surface area (Å²) in [6, 6.07) is 1.44. The molecular formula is C12H13F3N2O. The molecule has 98 valence electrons. The lowest BCUT2D eigenvalue weighted by Gasteiger charge is -2.13. The number of fused-ring (bicyclic) bond motifs is 1. The number of nitrogens with one attached hydrogen (secondary N) is 1. The predicted octanol–water partition coefficient (Wildman–Crippen LogP) is 2.47. The Balaban J connectivity index is 1.74. The molecule has 0 amide bonds. The summed E-state index contributed by atoms with van der Waals surface area (Å²) in [5.74, 6) is 1.53. The molecule has 1 saturated carbocycles. The SMILES string of the molecule is Cc1cc(C(F)(F)F)cnc1NC1[C@H]2COC[C@@H]12. The summed E-state index contributed by atoms with van der Waals surface area (Å²) in [5.41, 5.74) is -0.180. The Bertz CT molecular complexity index is 465. The molecule has 2 heterocycles. The summed E-state index contributed by atoms with van der Waals surface area (Å²) in [7, 11) is 0. The third-order valence-corrected chi connectivity index (χ3v) is 3.66. The summed E-state index contributed by atoms with van der Waals surface area (Å²) < 4.78 is 42.7. The third kappa shape index (κ3) is 1.94. The summed E-state index contributed by atoms with van der Waals surface area (Å²) in [4.78, 5) is 3.88. The maximum atomic E-state index is 12.5. The molecule has 1 unspecified atom stereocenters. The zero-order valence-corrected chi connectivity index (χ0v) is 9.79. The van der Waals surface area contributed by atoms with E-state index in [9.17, 15) is 13.2 Å². The molecule has 2 fully saturated rings. The predicted molar refractivity (Wildman–Crippen MR) is 59.2 cm³/mol. The summed E-state index contributed by atoms with van der Waals surface area (Å²) in [5, 5.41) is 3.21. The Labute approximate surface area is 102 Å². The first-order valence-electron chi connectivity index (χ1n) is 5.85. The molecule has 0 radical (unpaired) electrons. The van der Waals surface area contributed by atoms with E-state index in [0.29, 0.717) is 29.3 Å². The molecule has 1 N–H and O–H groups in total. The molecule has 3 atom stereocenters. The van der Waals surface area contributed by atoms with Gasteiger partial charge in [-0.2, -0.15) is 13.2 Å². The van der Waals surface area contributed by atoms with E-state index in [-0.39, 0.29) is 0 Å². The fraction of sp³-hybridized carbons (Fsp3) is 0.583. The number of hydrogen-bond acceptors (Lipinski definition) is 3. The van der Waals surface area contributed by atoms with Crippen molar-refractivity contribution in [3.05, 3.63) is 23.4 Å². The molecule has 6 heteroatoms. The minimum Gasteiger partial charge on any atom is -0.381 e. The molecule has 1 aromatic heterocycles. The maximum absolute atomic E-state index is 12.5. The van der Waals surface area contributed by atoms with Gasteiger partial charge in [0.25, 0.3) is 0 Å². The fourth-order valence-electron chi connectivity index (χ4n) is 2.49. The van der Waals surface area contributed by atoms with Gasteiger partial charge in [0.15, 0.2) is 0 Å². The average Bonchev–Trinajstić information content (AvgIpc) is 2.73. The third-order valence-electron chi connectivity index (χ3n) is 3.66. The van der Waals surface area contributed by atoms with Crippen LogP contribution in [0.3, 0.4) is 0 Å². The Kier molecular flexibility index (Phi) is 2.52. The number of aryl methyl sites for hydroxylation is 1. The zero-order valence-electron chi connectivity index (χ0n) is 9.79. The van der Waals surface area contributed by atoms with Crippen molar-refractivity contribution in [1.82, 2.24) is 4.98 Å². The van der Waals surface area contributed by atoms with Crippen LogP contribution in [0.25, 0.3) is 0 Å². The van der Waals surface area contributed by atoms with Crippen molar-refractivity contribution in [2.24, 2.45) is 11.8 Å². The van der Waals surface area contributed by atoms with Gasteiger partial charge in [0.1, 0.15) is 5.82 Å². The molecule has 3 rings (SSSR count). The molecule has 1 aromatic rings. The van der Waals surface area contributed by atoms with Crippen molar-refractivity contribution >= 4 is 5.82 Å². The van der Waals surface area contributed by atoms with E-state index >= 15 is 0 Å². The van der Waals surface area contributed by atoms with E-state index in [1.807, 2.05) is 0 Å². The van der Waals surface area contributed by atoms with Gasteiger partial charge >= 0.3 is 6.18 Å². The van der Waals surface area contributed by atoms with Gasteiger partial charge in [-0.3, -0.25) is 0 Å². The highest BCUT2D eigenvalue weighted by Gasteiger charge is 2.54. The number of alkyl halides is 3. The topological polar surface area (TPSA) is 34.2 Å². The number of nitrogens with zero attached hydrogens (tertiary/aromatic N) is 1. The van der Waals surface area contributed by atoms with Crippen LogP contribution in [0, 0.1) is 18.8 Å². The van der Waals surface area contributed by atoms with Crippen molar-refractivity contribution in [3.63, 3.8) is 0 Å². The molecule has 18 heavy (non-hydrogen) atoms. The first kappa shape index (κ1) is 11.8. The number of halogens is 3. The van der Waals surface area contributed by atoms with Gasteiger partial charge in [-0.15, -0.1) is 0 Å². The normalized spacial score (nSPS) is 30.1. The summed E-state index contributed by atoms with van der Waals surface area (Å²) >= 11 is 0. The highest BCUT2D eigenvalue weighted by atomic mass is 19.4. The van der Waals surface area contributed by atoms with Gasteiger partial charge in [-0.05, 0) is 18.6 Å². The van der Waals surface area contributed by atoms with E-state index in [0.717, 1.165) is 25.5 Å². The van der Waals surface area contributed by atoms with E-state index in [2.05, 4.69) is 10.3 Å². The van der Waals surface area contributed by atoms with Crippen LogP contribution < -0.4 is 5.32 Å². The molecule has 3 nitrogen and oxygen atoms in total. The van der Waals surface area contributed by atoms with Crippen LogP contribution in [0.15, 0.2) is 12.3 Å². The molecule has 0 spiro atoms. The molecule has 2 aliphatic rings. The average molecular weight is 258 g/mol. The number of pyridine rings is 1. The van der Waals surface area contributed by atoms with Crippen LogP contribution in [-0.2, 0) is 10.9 Å². The van der Waals surface area contributed by atoms with Crippen LogP contribution >= 0.6 is 0 Å². The van der Waals surface area contributed by atoms with Gasteiger partial charge in [0.05, 0.1) is 18.8 Å². The maximum Gasteiger partial charge on any atom is 0.417 e. The van der Waals surface area contributed by atoms with Crippen LogP contribution in [-0.4, -0.2) is 24.2 Å². The first-order valence-corrected chi connectivity index (χ1v) is 5.85. The van der Waals surface area contributed by atoms with Crippen molar-refractivity contribution in [2.45, 2.75) is 19.1 Å². The Morgan fingerprint density at radius 3 is 2.56 bits per heavy atom. The Morgan fingerprint density at radius 1 is 1.33 bits per heavy atom. The highest BCUT2D eigenvalue weighted by Crippen LogP contribution is 2.46. The second kappa shape index (κ2) is 3.85. The van der Waals surface area contributed by atoms with Gasteiger partial charge in [0, 0.05) is 24.1 Å². The van der Waals surface area contributed by atoms with Crippen LogP contribution in [0.1, 0.15) is 11.1 Å². The lowest BCUT2D eigenvalue weighted by Crippen LogP contribution is -2.15. The van der Waals surface area contributed by atoms with Crippen molar-refractivity contribution in [1.29, 1.82) is 0 Å². The first-order chi connectivity index (χ1) is 8.47. The standard InChI is InChI=1S/C12H13F3N2O/c1-6-2-7(12(13,14)15)3-16-11(6)17-10-8-4-18-5-9(8)10/h2-3,8-10H,4-5H2,1H3,(H,16,17)/t8-,9+,10?. The number of anilines is 1. The quantitative estimate of drug-likeness (QED) is 0.884. The minimum atomic E-state index is -4.33. The number of rotatable bonds is 2. The molecular weight excluding hydrogens is 245 g/mol. The van der Waals surface area contributed by atoms with Crippen molar-refractivity contribution in [3.8, 4) is 0 Å². The second-order valence-electron chi connectivity index (χ2n) is 4.92. The van der Waals surface area contributed by atoms with E-state index in [1.54, 1.807) is 6.92 Å². The monoisotopic (exact) mass is 258 g/mol. The van der Waals surface area contributed by atoms with E-state index in [4.69, 9.17) is 4.74 Å². The minimum absolute atomic E-state index is 0.307. The summed E-state index contributed by atoms with van der Waals surface area (Å²) in [6.45, 7) is 3.11. The molecule has 0 bridgehead atoms. The van der Waals surface area contributed by atoms with Gasteiger partial charge in [0.2, 0.25) is 0 Å². The Morgan fingerprint density at radius 2 is 2.00 bits per heavy atom. The fourth-order valence-corrected chi connectivity index (χ4v) is 2.49. The number of hydrogen-bond donors (Lipinski definition) is 1. The van der Waals surface area contributed by atoms with Crippen LogP contribution in [0.4, 0.5) is 19.0 Å². The van der Waals surface area contributed by atoms with Gasteiger partial charge in [-0.1, -0.05) is 0 Å². The number of ether oxygens (including phenoxy) is 1. The van der Waals surface area contributed by atoms with Crippen molar-refractivity contribution < 1.29 is 17.9 Å².